The van der Waals surface area contributed by atoms with Gasteiger partial charge in [0.25, 0.3) is 0 Å². The van der Waals surface area contributed by atoms with Crippen molar-refractivity contribution in [3.05, 3.63) is 29.6 Å². The van der Waals surface area contributed by atoms with Crippen LogP contribution in [0.3, 0.4) is 0 Å². The van der Waals surface area contributed by atoms with E-state index < -0.39 is 23.4 Å². The van der Waals surface area contributed by atoms with Crippen LogP contribution in [0.15, 0.2) is 12.1 Å². The molecular weight excluding hydrogens is 269 g/mol. The third-order valence-corrected chi connectivity index (χ3v) is 2.90. The second kappa shape index (κ2) is 7.28. The molecule has 3 nitrogen and oxygen atoms in total. The minimum absolute atomic E-state index is 0.0247. The number of amides is 1. The fraction of sp³-hybridized carbons (Fsp3) is 0.500. The van der Waals surface area contributed by atoms with Gasteiger partial charge >= 0.3 is 0 Å². The third-order valence-electron chi connectivity index (χ3n) is 2.90. The molecule has 0 aliphatic heterocycles. The summed E-state index contributed by atoms with van der Waals surface area (Å²) in [7, 11) is 0. The van der Waals surface area contributed by atoms with E-state index in [1.165, 1.54) is 0 Å². The minimum atomic E-state index is -1.29. The molecule has 0 fully saturated rings. The van der Waals surface area contributed by atoms with E-state index in [2.05, 4.69) is 5.32 Å². The van der Waals surface area contributed by atoms with Crippen LogP contribution in [-0.2, 0) is 4.79 Å². The molecule has 1 aromatic rings. The molecule has 3 N–H and O–H groups in total. The minimum Gasteiger partial charge on any atom is -0.330 e. The summed E-state index contributed by atoms with van der Waals surface area (Å²) in [6, 6.07) is 1.03. The molecule has 1 amide bonds. The van der Waals surface area contributed by atoms with Crippen LogP contribution in [0.1, 0.15) is 26.7 Å². The van der Waals surface area contributed by atoms with Crippen LogP contribution in [0.4, 0.5) is 18.9 Å². The monoisotopic (exact) mass is 288 g/mol. The van der Waals surface area contributed by atoms with Gasteiger partial charge in [-0.1, -0.05) is 13.8 Å². The van der Waals surface area contributed by atoms with Crippen molar-refractivity contribution in [2.24, 2.45) is 17.6 Å². The Morgan fingerprint density at radius 3 is 2.35 bits per heavy atom. The van der Waals surface area contributed by atoms with Crippen LogP contribution in [0, 0.1) is 29.3 Å². The van der Waals surface area contributed by atoms with Gasteiger partial charge in [-0.05, 0) is 24.8 Å². The first-order valence-corrected chi connectivity index (χ1v) is 6.48. The molecule has 0 heterocycles. The average molecular weight is 288 g/mol. The highest BCUT2D eigenvalue weighted by atomic mass is 19.2. The molecule has 0 spiro atoms. The largest absolute Gasteiger partial charge is 0.330 e. The van der Waals surface area contributed by atoms with E-state index in [1.807, 2.05) is 13.8 Å². The molecule has 20 heavy (non-hydrogen) atoms. The van der Waals surface area contributed by atoms with Crippen LogP contribution >= 0.6 is 0 Å². The Morgan fingerprint density at radius 2 is 1.80 bits per heavy atom. The SMILES string of the molecule is CC(C)CC(CN)CC(=O)Nc1cc(F)c(F)cc1F. The third kappa shape index (κ3) is 4.85. The number of nitrogens with one attached hydrogen (secondary N) is 1. The van der Waals surface area contributed by atoms with Crippen molar-refractivity contribution in [3.8, 4) is 0 Å². The molecule has 0 aromatic heterocycles. The summed E-state index contributed by atoms with van der Waals surface area (Å²) in [5, 5.41) is 2.24. The van der Waals surface area contributed by atoms with Gasteiger partial charge in [0.2, 0.25) is 5.91 Å². The van der Waals surface area contributed by atoms with Crippen LogP contribution in [0.2, 0.25) is 0 Å². The first-order valence-electron chi connectivity index (χ1n) is 6.48. The summed E-state index contributed by atoms with van der Waals surface area (Å²) in [6.07, 6.45) is 0.886. The van der Waals surface area contributed by atoms with Gasteiger partial charge in [0.15, 0.2) is 11.6 Å². The average Bonchev–Trinajstić information content (AvgIpc) is 2.34. The molecule has 1 unspecified atom stereocenters. The Balaban J connectivity index is 2.68. The first-order chi connectivity index (χ1) is 9.33. The zero-order valence-electron chi connectivity index (χ0n) is 11.6. The lowest BCUT2D eigenvalue weighted by Crippen LogP contribution is -2.24. The van der Waals surface area contributed by atoms with Crippen molar-refractivity contribution in [2.45, 2.75) is 26.7 Å². The van der Waals surface area contributed by atoms with E-state index in [0.29, 0.717) is 24.6 Å². The molecule has 1 atom stereocenters. The number of nitrogens with two attached hydrogens (primary N) is 1. The molecular formula is C14H19F3N2O. The smallest absolute Gasteiger partial charge is 0.224 e. The van der Waals surface area contributed by atoms with Gasteiger partial charge in [0, 0.05) is 18.6 Å². The number of hydrogen-bond donors (Lipinski definition) is 2. The molecule has 0 radical (unpaired) electrons. The molecule has 112 valence electrons. The number of halogens is 3. The Labute approximate surface area is 116 Å². The van der Waals surface area contributed by atoms with Crippen molar-refractivity contribution in [3.63, 3.8) is 0 Å². The molecule has 0 aliphatic rings. The van der Waals surface area contributed by atoms with E-state index in [-0.39, 0.29) is 18.0 Å². The maximum Gasteiger partial charge on any atom is 0.224 e. The highest BCUT2D eigenvalue weighted by molar-refractivity contribution is 5.91. The van der Waals surface area contributed by atoms with Gasteiger partial charge in [0.1, 0.15) is 5.82 Å². The van der Waals surface area contributed by atoms with Crippen molar-refractivity contribution in [1.29, 1.82) is 0 Å². The fourth-order valence-corrected chi connectivity index (χ4v) is 2.01. The molecule has 0 saturated heterocycles. The Morgan fingerprint density at radius 1 is 1.20 bits per heavy atom. The van der Waals surface area contributed by atoms with Gasteiger partial charge in [-0.2, -0.15) is 0 Å². The van der Waals surface area contributed by atoms with Gasteiger partial charge in [-0.3, -0.25) is 4.79 Å². The van der Waals surface area contributed by atoms with E-state index in [4.69, 9.17) is 5.73 Å². The fourth-order valence-electron chi connectivity index (χ4n) is 2.01. The van der Waals surface area contributed by atoms with Crippen LogP contribution < -0.4 is 11.1 Å². The number of carbonyl (C=O) groups is 1. The highest BCUT2D eigenvalue weighted by Crippen LogP contribution is 2.20. The molecule has 0 aliphatic carbocycles. The molecule has 1 rings (SSSR count). The van der Waals surface area contributed by atoms with E-state index >= 15 is 0 Å². The van der Waals surface area contributed by atoms with Gasteiger partial charge in [0.05, 0.1) is 5.69 Å². The quantitative estimate of drug-likeness (QED) is 0.790. The summed E-state index contributed by atoms with van der Waals surface area (Å²) >= 11 is 0. The number of rotatable bonds is 6. The van der Waals surface area contributed by atoms with Gasteiger partial charge < -0.3 is 11.1 Å². The lowest BCUT2D eigenvalue weighted by Gasteiger charge is -2.16. The van der Waals surface area contributed by atoms with Gasteiger partial charge in [-0.25, -0.2) is 13.2 Å². The molecule has 6 heteroatoms. The lowest BCUT2D eigenvalue weighted by molar-refractivity contribution is -0.117. The molecule has 1 aromatic carbocycles. The summed E-state index contributed by atoms with van der Waals surface area (Å²) in [4.78, 5) is 11.8. The molecule has 0 saturated carbocycles. The lowest BCUT2D eigenvalue weighted by atomic mass is 9.94. The van der Waals surface area contributed by atoms with E-state index in [9.17, 15) is 18.0 Å². The standard InChI is InChI=1S/C14H19F3N2O/c1-8(2)3-9(7-18)4-14(20)19-13-6-11(16)10(15)5-12(13)17/h5-6,8-9H,3-4,7,18H2,1-2H3,(H,19,20). The van der Waals surface area contributed by atoms with Crippen molar-refractivity contribution in [1.82, 2.24) is 0 Å². The van der Waals surface area contributed by atoms with Crippen LogP contribution in [0.25, 0.3) is 0 Å². The van der Waals surface area contributed by atoms with Crippen molar-refractivity contribution < 1.29 is 18.0 Å². The van der Waals surface area contributed by atoms with E-state index in [1.54, 1.807) is 0 Å². The Kier molecular flexibility index (Phi) is 6.01. The first kappa shape index (κ1) is 16.5. The van der Waals surface area contributed by atoms with Crippen LogP contribution in [0.5, 0.6) is 0 Å². The summed E-state index contributed by atoms with van der Waals surface area (Å²) in [5.41, 5.74) is 5.21. The number of hydrogen-bond acceptors (Lipinski definition) is 2. The number of anilines is 1. The predicted octanol–water partition coefficient (Wildman–Crippen LogP) is 3.05. The van der Waals surface area contributed by atoms with Crippen LogP contribution in [-0.4, -0.2) is 12.5 Å². The Hall–Kier alpha value is -1.56. The maximum absolute atomic E-state index is 13.4. The Bertz CT molecular complexity index is 478. The zero-order valence-corrected chi connectivity index (χ0v) is 11.6. The summed E-state index contributed by atoms with van der Waals surface area (Å²) in [5.74, 6) is -3.62. The summed E-state index contributed by atoms with van der Waals surface area (Å²) in [6.45, 7) is 4.36. The number of carbonyl (C=O) groups excluding carboxylic acids is 1. The van der Waals surface area contributed by atoms with Crippen molar-refractivity contribution in [2.75, 3.05) is 11.9 Å². The number of benzene rings is 1. The second-order valence-electron chi connectivity index (χ2n) is 5.23. The topological polar surface area (TPSA) is 55.1 Å². The van der Waals surface area contributed by atoms with Gasteiger partial charge in [-0.15, -0.1) is 0 Å². The normalized spacial score (nSPS) is 12.6. The predicted molar refractivity (Wildman–Crippen MR) is 71.6 cm³/mol. The van der Waals surface area contributed by atoms with Crippen molar-refractivity contribution >= 4 is 11.6 Å². The second-order valence-corrected chi connectivity index (χ2v) is 5.23. The van der Waals surface area contributed by atoms with E-state index in [0.717, 1.165) is 6.42 Å². The maximum atomic E-state index is 13.4. The summed E-state index contributed by atoms with van der Waals surface area (Å²) < 4.78 is 39.1. The zero-order chi connectivity index (χ0) is 15.3. The molecule has 0 bridgehead atoms. The highest BCUT2D eigenvalue weighted by Gasteiger charge is 2.16.